The van der Waals surface area contributed by atoms with E-state index in [0.717, 1.165) is 15.1 Å². The molecule has 1 aromatic heterocycles. The molecule has 0 saturated carbocycles. The lowest BCUT2D eigenvalue weighted by molar-refractivity contribution is 0.308. The fraction of sp³-hybridized carbons (Fsp3) is 0.167. The van der Waals surface area contributed by atoms with E-state index in [1.807, 2.05) is 17.5 Å². The van der Waals surface area contributed by atoms with E-state index in [1.165, 1.54) is 0 Å². The Hall–Kier alpha value is -1.20. The topological polar surface area (TPSA) is 44.5 Å². The quantitative estimate of drug-likeness (QED) is 0.876. The molecule has 3 nitrogen and oxygen atoms in total. The van der Waals surface area contributed by atoms with Gasteiger partial charge >= 0.3 is 0 Å². The zero-order valence-electron chi connectivity index (χ0n) is 9.27. The molecule has 0 saturated heterocycles. The molecule has 17 heavy (non-hydrogen) atoms. The van der Waals surface area contributed by atoms with Gasteiger partial charge in [-0.25, -0.2) is 0 Å². The summed E-state index contributed by atoms with van der Waals surface area (Å²) in [5.74, 6) is 1.40. The van der Waals surface area contributed by atoms with E-state index in [0.29, 0.717) is 18.0 Å². The third kappa shape index (κ3) is 2.92. The number of hydrogen-bond acceptors (Lipinski definition) is 4. The van der Waals surface area contributed by atoms with Gasteiger partial charge in [-0.1, -0.05) is 0 Å². The fourth-order valence-corrected chi connectivity index (χ4v) is 2.76. The van der Waals surface area contributed by atoms with Crippen LogP contribution < -0.4 is 15.2 Å². The summed E-state index contributed by atoms with van der Waals surface area (Å²) >= 11 is 5.12. The molecule has 1 aromatic carbocycles. The fourth-order valence-electron chi connectivity index (χ4n) is 1.38. The molecule has 2 N–H and O–H groups in total. The highest BCUT2D eigenvalue weighted by molar-refractivity contribution is 9.10. The van der Waals surface area contributed by atoms with Crippen LogP contribution >= 0.6 is 27.3 Å². The summed E-state index contributed by atoms with van der Waals surface area (Å²) in [6.45, 7) is 0.532. The highest BCUT2D eigenvalue weighted by Gasteiger charge is 2.04. The van der Waals surface area contributed by atoms with Gasteiger partial charge in [-0.15, -0.1) is 11.3 Å². The van der Waals surface area contributed by atoms with Crippen LogP contribution in [0.3, 0.4) is 0 Å². The van der Waals surface area contributed by atoms with Crippen LogP contribution in [-0.2, 0) is 6.61 Å². The number of nitrogen functional groups attached to an aromatic ring is 1. The number of thiophene rings is 1. The maximum atomic E-state index is 5.80. The monoisotopic (exact) mass is 313 g/mol. The van der Waals surface area contributed by atoms with Crippen LogP contribution in [0.25, 0.3) is 0 Å². The summed E-state index contributed by atoms with van der Waals surface area (Å²) in [6, 6.07) is 7.41. The highest BCUT2D eigenvalue weighted by Crippen LogP contribution is 2.28. The van der Waals surface area contributed by atoms with Crippen molar-refractivity contribution < 1.29 is 9.47 Å². The number of hydrogen-bond donors (Lipinski definition) is 1. The van der Waals surface area contributed by atoms with Gasteiger partial charge in [0, 0.05) is 10.5 Å². The summed E-state index contributed by atoms with van der Waals surface area (Å²) in [6.07, 6.45) is 0. The average molecular weight is 314 g/mol. The van der Waals surface area contributed by atoms with Crippen molar-refractivity contribution >= 4 is 33.0 Å². The Morgan fingerprint density at radius 2 is 2.18 bits per heavy atom. The number of anilines is 1. The van der Waals surface area contributed by atoms with Crippen LogP contribution in [0, 0.1) is 0 Å². The first kappa shape index (κ1) is 12.3. The normalized spacial score (nSPS) is 10.2. The Balaban J connectivity index is 2.05. The van der Waals surface area contributed by atoms with Crippen LogP contribution in [0.2, 0.25) is 0 Å². The lowest BCUT2D eigenvalue weighted by Gasteiger charge is -2.08. The van der Waals surface area contributed by atoms with Gasteiger partial charge in [-0.2, -0.15) is 0 Å². The van der Waals surface area contributed by atoms with E-state index in [9.17, 15) is 0 Å². The van der Waals surface area contributed by atoms with Gasteiger partial charge in [-0.3, -0.25) is 0 Å². The van der Waals surface area contributed by atoms with E-state index < -0.39 is 0 Å². The molecule has 90 valence electrons. The molecular formula is C12H12BrNO2S. The number of benzene rings is 1. The molecule has 0 radical (unpaired) electrons. The minimum Gasteiger partial charge on any atom is -0.495 e. The average Bonchev–Trinajstić information content (AvgIpc) is 2.72. The Kier molecular flexibility index (Phi) is 3.91. The first-order valence-corrected chi connectivity index (χ1v) is 6.66. The third-order valence-corrected chi connectivity index (χ3v) is 4.16. The number of ether oxygens (including phenoxy) is 2. The molecule has 0 spiro atoms. The van der Waals surface area contributed by atoms with Gasteiger partial charge < -0.3 is 15.2 Å². The summed E-state index contributed by atoms with van der Waals surface area (Å²) in [4.78, 5) is 1.15. The molecule has 0 atom stereocenters. The van der Waals surface area contributed by atoms with Gasteiger partial charge in [0.05, 0.1) is 17.7 Å². The molecule has 0 unspecified atom stereocenters. The van der Waals surface area contributed by atoms with E-state index in [4.69, 9.17) is 15.2 Å². The molecule has 0 aliphatic rings. The first-order chi connectivity index (χ1) is 8.20. The standard InChI is InChI=1S/C12H12BrNO2S/c1-15-11-3-2-8(6-10(11)14)16-7-12-9(13)4-5-17-12/h2-6H,7,14H2,1H3. The van der Waals surface area contributed by atoms with Crippen LogP contribution in [0.1, 0.15) is 4.88 Å². The molecule has 0 aliphatic heterocycles. The molecule has 2 rings (SSSR count). The maximum Gasteiger partial charge on any atom is 0.142 e. The Labute approximate surface area is 112 Å². The molecule has 0 bridgehead atoms. The SMILES string of the molecule is COc1ccc(OCc2sccc2Br)cc1N. The molecular weight excluding hydrogens is 302 g/mol. The van der Waals surface area contributed by atoms with Crippen LogP contribution in [0.4, 0.5) is 5.69 Å². The van der Waals surface area contributed by atoms with Crippen molar-refractivity contribution in [3.63, 3.8) is 0 Å². The second-order valence-corrected chi connectivity index (χ2v) is 5.24. The highest BCUT2D eigenvalue weighted by atomic mass is 79.9. The summed E-state index contributed by atoms with van der Waals surface area (Å²) in [5, 5.41) is 2.02. The van der Waals surface area contributed by atoms with Crippen molar-refractivity contribution in [3.8, 4) is 11.5 Å². The first-order valence-electron chi connectivity index (χ1n) is 4.99. The molecule has 1 heterocycles. The second-order valence-electron chi connectivity index (χ2n) is 3.38. The second kappa shape index (κ2) is 5.42. The van der Waals surface area contributed by atoms with Crippen LogP contribution in [0.5, 0.6) is 11.5 Å². The maximum absolute atomic E-state index is 5.80. The van der Waals surface area contributed by atoms with Crippen molar-refractivity contribution in [3.05, 3.63) is 39.0 Å². The zero-order valence-corrected chi connectivity index (χ0v) is 11.7. The number of nitrogens with two attached hydrogens (primary N) is 1. The predicted molar refractivity (Wildman–Crippen MR) is 73.8 cm³/mol. The number of halogens is 1. The lowest BCUT2D eigenvalue weighted by Crippen LogP contribution is -1.96. The van der Waals surface area contributed by atoms with Crippen molar-refractivity contribution in [2.45, 2.75) is 6.61 Å². The third-order valence-electron chi connectivity index (χ3n) is 2.26. The summed E-state index contributed by atoms with van der Waals surface area (Å²) in [7, 11) is 1.59. The van der Waals surface area contributed by atoms with Crippen LogP contribution in [0.15, 0.2) is 34.1 Å². The van der Waals surface area contributed by atoms with Gasteiger partial charge in [0.2, 0.25) is 0 Å². The Bertz CT molecular complexity index is 513. The molecule has 2 aromatic rings. The molecule has 5 heteroatoms. The largest absolute Gasteiger partial charge is 0.495 e. The minimum atomic E-state index is 0.532. The molecule has 0 fully saturated rings. The minimum absolute atomic E-state index is 0.532. The van der Waals surface area contributed by atoms with Gasteiger partial charge in [-0.05, 0) is 39.5 Å². The Morgan fingerprint density at radius 1 is 1.35 bits per heavy atom. The summed E-state index contributed by atoms with van der Waals surface area (Å²) in [5.41, 5.74) is 6.38. The van der Waals surface area contributed by atoms with Gasteiger partial charge in [0.25, 0.3) is 0 Å². The summed E-state index contributed by atoms with van der Waals surface area (Å²) < 4.78 is 11.8. The smallest absolute Gasteiger partial charge is 0.142 e. The van der Waals surface area contributed by atoms with Crippen molar-refractivity contribution in [1.82, 2.24) is 0 Å². The van der Waals surface area contributed by atoms with Crippen molar-refractivity contribution in [2.75, 3.05) is 12.8 Å². The molecule has 0 aliphatic carbocycles. The Morgan fingerprint density at radius 3 is 2.76 bits per heavy atom. The number of methoxy groups -OCH3 is 1. The number of rotatable bonds is 4. The van der Waals surface area contributed by atoms with Gasteiger partial charge in [0.1, 0.15) is 18.1 Å². The lowest BCUT2D eigenvalue weighted by atomic mass is 10.3. The van der Waals surface area contributed by atoms with E-state index in [1.54, 1.807) is 30.6 Å². The van der Waals surface area contributed by atoms with Crippen LogP contribution in [-0.4, -0.2) is 7.11 Å². The van der Waals surface area contributed by atoms with Gasteiger partial charge in [0.15, 0.2) is 0 Å². The van der Waals surface area contributed by atoms with E-state index >= 15 is 0 Å². The van der Waals surface area contributed by atoms with Crippen molar-refractivity contribution in [2.24, 2.45) is 0 Å². The zero-order chi connectivity index (χ0) is 12.3. The van der Waals surface area contributed by atoms with Crippen molar-refractivity contribution in [1.29, 1.82) is 0 Å². The van der Waals surface area contributed by atoms with E-state index in [-0.39, 0.29) is 0 Å². The molecule has 0 amide bonds. The van der Waals surface area contributed by atoms with E-state index in [2.05, 4.69) is 15.9 Å². The predicted octanol–water partition coefficient (Wildman–Crippen LogP) is 3.68.